The Morgan fingerprint density at radius 2 is 2.24 bits per heavy atom. The van der Waals surface area contributed by atoms with Crippen LogP contribution in [0.15, 0.2) is 22.7 Å². The Hall–Kier alpha value is -1.92. The molecule has 0 aliphatic carbocycles. The summed E-state index contributed by atoms with van der Waals surface area (Å²) in [5.74, 6) is 1.72. The summed E-state index contributed by atoms with van der Waals surface area (Å²) >= 11 is 0. The molecule has 2 atom stereocenters. The van der Waals surface area contributed by atoms with Crippen LogP contribution in [-0.2, 0) is 4.74 Å². The van der Waals surface area contributed by atoms with Crippen molar-refractivity contribution in [3.8, 4) is 17.1 Å². The van der Waals surface area contributed by atoms with Crippen LogP contribution in [0.3, 0.4) is 0 Å². The molecule has 2 heterocycles. The van der Waals surface area contributed by atoms with E-state index < -0.39 is 0 Å². The van der Waals surface area contributed by atoms with Gasteiger partial charge in [-0.1, -0.05) is 11.2 Å². The second kappa shape index (κ2) is 5.83. The van der Waals surface area contributed by atoms with Crippen molar-refractivity contribution in [2.45, 2.75) is 25.3 Å². The van der Waals surface area contributed by atoms with Crippen LogP contribution < -0.4 is 10.5 Å². The third-order valence-electron chi connectivity index (χ3n) is 3.77. The number of hydrogen-bond acceptors (Lipinski definition) is 6. The van der Waals surface area contributed by atoms with Gasteiger partial charge in [0.05, 0.1) is 25.2 Å². The van der Waals surface area contributed by atoms with Crippen molar-refractivity contribution in [3.63, 3.8) is 0 Å². The van der Waals surface area contributed by atoms with Gasteiger partial charge in [0.15, 0.2) is 0 Å². The van der Waals surface area contributed by atoms with Crippen molar-refractivity contribution in [3.05, 3.63) is 29.7 Å². The molecule has 1 aromatic carbocycles. The fourth-order valence-corrected chi connectivity index (χ4v) is 2.49. The predicted molar refractivity (Wildman–Crippen MR) is 77.2 cm³/mol. The molecule has 6 heteroatoms. The van der Waals surface area contributed by atoms with Crippen LogP contribution in [0.4, 0.5) is 0 Å². The summed E-state index contributed by atoms with van der Waals surface area (Å²) in [4.78, 5) is 4.48. The molecule has 2 aromatic rings. The predicted octanol–water partition coefficient (Wildman–Crippen LogP) is 1.88. The van der Waals surface area contributed by atoms with Gasteiger partial charge < -0.3 is 19.7 Å². The normalized spacial score (nSPS) is 22.2. The van der Waals surface area contributed by atoms with E-state index in [4.69, 9.17) is 19.7 Å². The molecule has 0 bridgehead atoms. The lowest BCUT2D eigenvalue weighted by molar-refractivity contribution is 0.0590. The molecule has 0 spiro atoms. The first kappa shape index (κ1) is 14.0. The lowest BCUT2D eigenvalue weighted by atomic mass is 9.97. The van der Waals surface area contributed by atoms with Crippen LogP contribution in [0.25, 0.3) is 11.4 Å². The molecule has 6 nitrogen and oxygen atoms in total. The molecule has 1 saturated heterocycles. The Labute approximate surface area is 123 Å². The molecular weight excluding hydrogens is 270 g/mol. The summed E-state index contributed by atoms with van der Waals surface area (Å²) in [5, 5.41) is 4.06. The Morgan fingerprint density at radius 3 is 3.00 bits per heavy atom. The van der Waals surface area contributed by atoms with Crippen LogP contribution >= 0.6 is 0 Å². The van der Waals surface area contributed by atoms with E-state index >= 15 is 0 Å². The first-order chi connectivity index (χ1) is 10.2. The van der Waals surface area contributed by atoms with Crippen LogP contribution in [0.5, 0.6) is 5.75 Å². The standard InChI is InChI=1S/C15H19N3O3/c1-9-3-4-10(13(7-9)19-2)14-17-15(21-18-14)11-8-20-6-5-12(11)16/h3-4,7,11-12H,5-6,8,16H2,1-2H3. The molecule has 21 heavy (non-hydrogen) atoms. The number of nitrogens with zero attached hydrogens (tertiary/aromatic N) is 2. The molecule has 112 valence electrons. The smallest absolute Gasteiger partial charge is 0.233 e. The zero-order valence-electron chi connectivity index (χ0n) is 12.2. The molecule has 1 aliphatic heterocycles. The lowest BCUT2D eigenvalue weighted by Gasteiger charge is -2.25. The van der Waals surface area contributed by atoms with Crippen LogP contribution in [0, 0.1) is 6.92 Å². The first-order valence-electron chi connectivity index (χ1n) is 7.01. The zero-order chi connectivity index (χ0) is 14.8. The SMILES string of the molecule is COc1cc(C)ccc1-c1noc(C2COCCC2N)n1. The van der Waals surface area contributed by atoms with Gasteiger partial charge in [0.25, 0.3) is 0 Å². The number of hydrogen-bond donors (Lipinski definition) is 1. The Kier molecular flexibility index (Phi) is 3.90. The number of nitrogens with two attached hydrogens (primary N) is 1. The summed E-state index contributed by atoms with van der Waals surface area (Å²) < 4.78 is 16.2. The summed E-state index contributed by atoms with van der Waals surface area (Å²) in [6.45, 7) is 3.21. The van der Waals surface area contributed by atoms with E-state index in [9.17, 15) is 0 Å². The van der Waals surface area contributed by atoms with E-state index in [0.29, 0.717) is 24.9 Å². The zero-order valence-corrected chi connectivity index (χ0v) is 12.2. The summed E-state index contributed by atoms with van der Waals surface area (Å²) in [6.07, 6.45) is 0.802. The van der Waals surface area contributed by atoms with Gasteiger partial charge in [0, 0.05) is 12.6 Å². The number of aryl methyl sites for hydroxylation is 1. The van der Waals surface area contributed by atoms with Crippen molar-refractivity contribution in [2.75, 3.05) is 20.3 Å². The number of benzene rings is 1. The van der Waals surface area contributed by atoms with Gasteiger partial charge in [-0.05, 0) is 31.0 Å². The molecule has 1 aliphatic rings. The Bertz CT molecular complexity index is 626. The summed E-state index contributed by atoms with van der Waals surface area (Å²) in [6, 6.07) is 5.86. The fraction of sp³-hybridized carbons (Fsp3) is 0.467. The van der Waals surface area contributed by atoms with E-state index in [1.807, 2.05) is 25.1 Å². The molecule has 2 N–H and O–H groups in total. The Morgan fingerprint density at radius 1 is 1.38 bits per heavy atom. The van der Waals surface area contributed by atoms with Gasteiger partial charge in [0.2, 0.25) is 11.7 Å². The van der Waals surface area contributed by atoms with Gasteiger partial charge in [-0.2, -0.15) is 4.98 Å². The van der Waals surface area contributed by atoms with Gasteiger partial charge in [-0.3, -0.25) is 0 Å². The van der Waals surface area contributed by atoms with Crippen molar-refractivity contribution in [2.24, 2.45) is 5.73 Å². The molecule has 0 radical (unpaired) electrons. The Balaban J connectivity index is 1.91. The average Bonchev–Trinajstić information content (AvgIpc) is 2.97. The fourth-order valence-electron chi connectivity index (χ4n) is 2.49. The van der Waals surface area contributed by atoms with E-state index in [1.54, 1.807) is 7.11 Å². The van der Waals surface area contributed by atoms with E-state index in [1.165, 1.54) is 0 Å². The average molecular weight is 289 g/mol. The van der Waals surface area contributed by atoms with E-state index in [0.717, 1.165) is 23.3 Å². The topological polar surface area (TPSA) is 83.4 Å². The quantitative estimate of drug-likeness (QED) is 0.929. The molecule has 0 saturated carbocycles. The minimum absolute atomic E-state index is 0.00744. The van der Waals surface area contributed by atoms with Crippen molar-refractivity contribution >= 4 is 0 Å². The first-order valence-corrected chi connectivity index (χ1v) is 7.01. The number of methoxy groups -OCH3 is 1. The second-order valence-corrected chi connectivity index (χ2v) is 5.29. The van der Waals surface area contributed by atoms with Crippen LogP contribution in [0.2, 0.25) is 0 Å². The highest BCUT2D eigenvalue weighted by molar-refractivity contribution is 5.64. The van der Waals surface area contributed by atoms with Crippen molar-refractivity contribution in [1.29, 1.82) is 0 Å². The third-order valence-corrected chi connectivity index (χ3v) is 3.77. The highest BCUT2D eigenvalue weighted by atomic mass is 16.5. The lowest BCUT2D eigenvalue weighted by Crippen LogP contribution is -2.37. The van der Waals surface area contributed by atoms with E-state index in [2.05, 4.69) is 10.1 Å². The van der Waals surface area contributed by atoms with Crippen LogP contribution in [-0.4, -0.2) is 36.5 Å². The molecule has 1 aromatic heterocycles. The van der Waals surface area contributed by atoms with Gasteiger partial charge in [-0.25, -0.2) is 0 Å². The van der Waals surface area contributed by atoms with Gasteiger partial charge >= 0.3 is 0 Å². The molecule has 3 rings (SSSR count). The van der Waals surface area contributed by atoms with Gasteiger partial charge in [0.1, 0.15) is 5.75 Å². The maximum absolute atomic E-state index is 6.10. The highest BCUT2D eigenvalue weighted by Gasteiger charge is 2.29. The largest absolute Gasteiger partial charge is 0.496 e. The van der Waals surface area contributed by atoms with Crippen molar-refractivity contribution < 1.29 is 14.0 Å². The minimum atomic E-state index is -0.0450. The molecular formula is C15H19N3O3. The monoisotopic (exact) mass is 289 g/mol. The molecule has 0 amide bonds. The third kappa shape index (κ3) is 2.77. The van der Waals surface area contributed by atoms with Crippen LogP contribution in [0.1, 0.15) is 23.8 Å². The summed E-state index contributed by atoms with van der Waals surface area (Å²) in [7, 11) is 1.63. The van der Waals surface area contributed by atoms with Crippen molar-refractivity contribution in [1.82, 2.24) is 10.1 Å². The molecule has 2 unspecified atom stereocenters. The van der Waals surface area contributed by atoms with E-state index in [-0.39, 0.29) is 12.0 Å². The maximum Gasteiger partial charge on any atom is 0.233 e. The number of aromatic nitrogens is 2. The number of rotatable bonds is 3. The second-order valence-electron chi connectivity index (χ2n) is 5.29. The highest BCUT2D eigenvalue weighted by Crippen LogP contribution is 2.31. The summed E-state index contributed by atoms with van der Waals surface area (Å²) in [5.41, 5.74) is 8.02. The maximum atomic E-state index is 6.10. The minimum Gasteiger partial charge on any atom is -0.496 e. The van der Waals surface area contributed by atoms with Gasteiger partial charge in [-0.15, -0.1) is 0 Å². The molecule has 1 fully saturated rings. The number of ether oxygens (including phenoxy) is 2.